The van der Waals surface area contributed by atoms with Crippen molar-refractivity contribution in [3.63, 3.8) is 0 Å². The van der Waals surface area contributed by atoms with Crippen LogP contribution in [0.4, 0.5) is 17.3 Å². The van der Waals surface area contributed by atoms with Gasteiger partial charge in [-0.2, -0.15) is 0 Å². The first-order chi connectivity index (χ1) is 9.69. The minimum absolute atomic E-state index is 0.620. The first-order valence-electron chi connectivity index (χ1n) is 6.10. The molecule has 0 spiro atoms. The standard InChI is InChI=1S/C13H16BrN5O/c1-3-9-12(16-7-17-13(9)19-15)18-8-4-5-10(14)11(6-8)20-2/h4-7H,3,15H2,1-2H3,(H2,16,17,18,19). The Morgan fingerprint density at radius 1 is 1.30 bits per heavy atom. The van der Waals surface area contributed by atoms with Gasteiger partial charge >= 0.3 is 0 Å². The van der Waals surface area contributed by atoms with Gasteiger partial charge in [-0.15, -0.1) is 0 Å². The maximum Gasteiger partial charge on any atom is 0.148 e. The zero-order valence-corrected chi connectivity index (χ0v) is 12.9. The summed E-state index contributed by atoms with van der Waals surface area (Å²) < 4.78 is 6.17. The number of aromatic nitrogens is 2. The number of methoxy groups -OCH3 is 1. The Balaban J connectivity index is 2.34. The van der Waals surface area contributed by atoms with E-state index in [0.29, 0.717) is 5.82 Å². The first-order valence-corrected chi connectivity index (χ1v) is 6.90. The van der Waals surface area contributed by atoms with Crippen LogP contribution in [0.5, 0.6) is 5.75 Å². The smallest absolute Gasteiger partial charge is 0.148 e. The molecule has 0 bridgehead atoms. The number of nitrogens with zero attached hydrogens (tertiary/aromatic N) is 2. The van der Waals surface area contributed by atoms with Gasteiger partial charge in [-0.05, 0) is 34.5 Å². The number of benzene rings is 1. The van der Waals surface area contributed by atoms with E-state index >= 15 is 0 Å². The van der Waals surface area contributed by atoms with Crippen LogP contribution in [0.25, 0.3) is 0 Å². The Morgan fingerprint density at radius 3 is 2.70 bits per heavy atom. The van der Waals surface area contributed by atoms with Crippen LogP contribution >= 0.6 is 15.9 Å². The maximum absolute atomic E-state index is 5.46. The molecule has 0 aliphatic heterocycles. The summed E-state index contributed by atoms with van der Waals surface area (Å²) in [4.78, 5) is 8.36. The highest BCUT2D eigenvalue weighted by atomic mass is 79.9. The number of nitrogens with two attached hydrogens (primary N) is 1. The molecule has 6 nitrogen and oxygen atoms in total. The summed E-state index contributed by atoms with van der Waals surface area (Å²) in [6, 6.07) is 5.74. The summed E-state index contributed by atoms with van der Waals surface area (Å²) >= 11 is 3.42. The van der Waals surface area contributed by atoms with Crippen molar-refractivity contribution in [1.82, 2.24) is 9.97 Å². The van der Waals surface area contributed by atoms with Crippen molar-refractivity contribution < 1.29 is 4.74 Å². The first kappa shape index (κ1) is 14.5. The molecular formula is C13H16BrN5O. The van der Waals surface area contributed by atoms with Crippen molar-refractivity contribution >= 4 is 33.3 Å². The molecule has 106 valence electrons. The number of nitrogens with one attached hydrogen (secondary N) is 2. The topological polar surface area (TPSA) is 85.1 Å². The van der Waals surface area contributed by atoms with Gasteiger partial charge in [-0.1, -0.05) is 6.92 Å². The number of ether oxygens (including phenoxy) is 1. The molecule has 0 aliphatic rings. The fourth-order valence-corrected chi connectivity index (χ4v) is 2.26. The minimum Gasteiger partial charge on any atom is -0.495 e. The minimum atomic E-state index is 0.620. The van der Waals surface area contributed by atoms with Gasteiger partial charge in [0.2, 0.25) is 0 Å². The molecule has 20 heavy (non-hydrogen) atoms. The van der Waals surface area contributed by atoms with Crippen molar-refractivity contribution in [1.29, 1.82) is 0 Å². The van der Waals surface area contributed by atoms with E-state index in [1.54, 1.807) is 7.11 Å². The Hall–Kier alpha value is -1.86. The number of hydrazine groups is 1. The molecule has 0 radical (unpaired) electrons. The summed E-state index contributed by atoms with van der Waals surface area (Å²) in [6.45, 7) is 2.02. The predicted octanol–water partition coefficient (Wildman–Crippen LogP) is 2.84. The Bertz CT molecular complexity index is 605. The molecule has 0 atom stereocenters. The van der Waals surface area contributed by atoms with Crippen LogP contribution in [0.2, 0.25) is 0 Å². The lowest BCUT2D eigenvalue weighted by atomic mass is 10.2. The lowest BCUT2D eigenvalue weighted by molar-refractivity contribution is 0.412. The van der Waals surface area contributed by atoms with E-state index < -0.39 is 0 Å². The van der Waals surface area contributed by atoms with E-state index in [2.05, 4.69) is 36.6 Å². The van der Waals surface area contributed by atoms with Crippen molar-refractivity contribution in [2.24, 2.45) is 5.84 Å². The van der Waals surface area contributed by atoms with Crippen molar-refractivity contribution in [3.8, 4) is 5.75 Å². The Labute approximate surface area is 125 Å². The molecule has 2 aromatic rings. The van der Waals surface area contributed by atoms with Gasteiger partial charge in [0.25, 0.3) is 0 Å². The third-order valence-corrected chi connectivity index (χ3v) is 3.50. The molecule has 0 unspecified atom stereocenters. The van der Waals surface area contributed by atoms with Crippen LogP contribution in [0.15, 0.2) is 29.0 Å². The molecule has 0 saturated carbocycles. The molecule has 0 fully saturated rings. The third-order valence-electron chi connectivity index (χ3n) is 2.85. The number of rotatable bonds is 5. The molecule has 0 aliphatic carbocycles. The second-order valence-electron chi connectivity index (χ2n) is 4.02. The summed E-state index contributed by atoms with van der Waals surface area (Å²) in [7, 11) is 1.63. The monoisotopic (exact) mass is 337 g/mol. The highest BCUT2D eigenvalue weighted by Gasteiger charge is 2.10. The lowest BCUT2D eigenvalue weighted by Crippen LogP contribution is -2.13. The second kappa shape index (κ2) is 6.53. The summed E-state index contributed by atoms with van der Waals surface area (Å²) in [5.74, 6) is 7.55. The van der Waals surface area contributed by atoms with Gasteiger partial charge in [0.1, 0.15) is 23.7 Å². The van der Waals surface area contributed by atoms with Crippen molar-refractivity contribution in [2.75, 3.05) is 17.9 Å². The molecule has 1 aromatic heterocycles. The lowest BCUT2D eigenvalue weighted by Gasteiger charge is -2.13. The van der Waals surface area contributed by atoms with E-state index in [9.17, 15) is 0 Å². The highest BCUT2D eigenvalue weighted by molar-refractivity contribution is 9.10. The average Bonchev–Trinajstić information content (AvgIpc) is 2.48. The second-order valence-corrected chi connectivity index (χ2v) is 4.88. The molecule has 1 aromatic carbocycles. The van der Waals surface area contributed by atoms with Crippen molar-refractivity contribution in [3.05, 3.63) is 34.6 Å². The molecule has 0 amide bonds. The average molecular weight is 338 g/mol. The summed E-state index contributed by atoms with van der Waals surface area (Å²) in [5, 5.41) is 3.25. The zero-order chi connectivity index (χ0) is 14.5. The van der Waals surface area contributed by atoms with E-state index in [0.717, 1.165) is 33.7 Å². The fraction of sp³-hybridized carbons (Fsp3) is 0.231. The third kappa shape index (κ3) is 3.00. The molecule has 0 saturated heterocycles. The van der Waals surface area contributed by atoms with Gasteiger partial charge in [0.05, 0.1) is 11.6 Å². The predicted molar refractivity (Wildman–Crippen MR) is 83.2 cm³/mol. The van der Waals surface area contributed by atoms with E-state index in [4.69, 9.17) is 10.6 Å². The SMILES string of the molecule is CCc1c(NN)ncnc1Nc1ccc(Br)c(OC)c1. The Morgan fingerprint density at radius 2 is 2.05 bits per heavy atom. The Kier molecular flexibility index (Phi) is 4.75. The van der Waals surface area contributed by atoms with Gasteiger partial charge in [-0.25, -0.2) is 15.8 Å². The van der Waals surface area contributed by atoms with Gasteiger partial charge in [0.15, 0.2) is 0 Å². The quantitative estimate of drug-likeness (QED) is 0.574. The van der Waals surface area contributed by atoms with Crippen LogP contribution < -0.4 is 21.3 Å². The van der Waals surface area contributed by atoms with Gasteiger partial charge in [0, 0.05) is 17.3 Å². The normalized spacial score (nSPS) is 10.2. The van der Waals surface area contributed by atoms with Crippen molar-refractivity contribution in [2.45, 2.75) is 13.3 Å². The van der Waals surface area contributed by atoms with E-state index in [1.165, 1.54) is 6.33 Å². The molecule has 7 heteroatoms. The van der Waals surface area contributed by atoms with Gasteiger partial charge < -0.3 is 15.5 Å². The highest BCUT2D eigenvalue weighted by Crippen LogP contribution is 2.30. The summed E-state index contributed by atoms with van der Waals surface area (Å²) in [5.41, 5.74) is 4.39. The molecule has 2 rings (SSSR count). The van der Waals surface area contributed by atoms with Crippen LogP contribution in [-0.4, -0.2) is 17.1 Å². The number of nitrogen functional groups attached to an aromatic ring is 1. The molecule has 1 heterocycles. The fourth-order valence-electron chi connectivity index (χ4n) is 1.85. The largest absolute Gasteiger partial charge is 0.495 e. The number of hydrogen-bond donors (Lipinski definition) is 3. The van der Waals surface area contributed by atoms with Crippen LogP contribution in [0.3, 0.4) is 0 Å². The maximum atomic E-state index is 5.46. The molecule has 4 N–H and O–H groups in total. The van der Waals surface area contributed by atoms with Gasteiger partial charge in [-0.3, -0.25) is 0 Å². The number of halogens is 1. The van der Waals surface area contributed by atoms with E-state index in [-0.39, 0.29) is 0 Å². The number of anilines is 3. The molecular weight excluding hydrogens is 322 g/mol. The van der Waals surface area contributed by atoms with Crippen LogP contribution in [-0.2, 0) is 6.42 Å². The zero-order valence-electron chi connectivity index (χ0n) is 11.3. The van der Waals surface area contributed by atoms with Crippen LogP contribution in [0, 0.1) is 0 Å². The van der Waals surface area contributed by atoms with E-state index in [1.807, 2.05) is 25.1 Å². The summed E-state index contributed by atoms with van der Waals surface area (Å²) in [6.07, 6.45) is 2.23. The number of hydrogen-bond acceptors (Lipinski definition) is 6. The van der Waals surface area contributed by atoms with Crippen LogP contribution in [0.1, 0.15) is 12.5 Å².